The molecule has 1 aliphatic carbocycles. The van der Waals surface area contributed by atoms with Crippen LogP contribution in [0.15, 0.2) is 5.16 Å². The molecule has 0 aromatic carbocycles. The summed E-state index contributed by atoms with van der Waals surface area (Å²) in [6.45, 7) is 0. The highest BCUT2D eigenvalue weighted by Crippen LogP contribution is 2.32. The van der Waals surface area contributed by atoms with Crippen molar-refractivity contribution in [3.05, 3.63) is 5.82 Å². The van der Waals surface area contributed by atoms with Gasteiger partial charge in [0.05, 0.1) is 5.75 Å². The molecule has 0 bridgehead atoms. The number of hydrogen-bond donors (Lipinski definition) is 2. The highest BCUT2D eigenvalue weighted by molar-refractivity contribution is 7.99. The molecule has 0 atom stereocenters. The van der Waals surface area contributed by atoms with E-state index < -0.39 is 5.97 Å². The first-order valence-electron chi connectivity index (χ1n) is 5.73. The van der Waals surface area contributed by atoms with Crippen molar-refractivity contribution < 1.29 is 9.90 Å². The van der Waals surface area contributed by atoms with Crippen LogP contribution in [0.3, 0.4) is 0 Å². The van der Waals surface area contributed by atoms with Crippen LogP contribution in [0.25, 0.3) is 0 Å². The first-order valence-corrected chi connectivity index (χ1v) is 6.72. The van der Waals surface area contributed by atoms with Gasteiger partial charge in [-0.25, -0.2) is 4.68 Å². The van der Waals surface area contributed by atoms with E-state index in [1.807, 2.05) is 0 Å². The molecule has 94 valence electrons. The van der Waals surface area contributed by atoms with Crippen LogP contribution in [0.4, 0.5) is 0 Å². The van der Waals surface area contributed by atoms with Crippen molar-refractivity contribution in [1.29, 1.82) is 0 Å². The Hall–Kier alpha value is -1.24. The standard InChI is InChI=1S/C10H16N4O2S/c11-14-9(7-4-2-1-3-5-7)12-13-10(14)17-6-8(15)16/h7H,1-6,11H2,(H,15,16). The molecule has 1 saturated carbocycles. The number of aliphatic carboxylic acids is 1. The number of nitrogen functional groups attached to an aromatic ring is 1. The molecular formula is C10H16N4O2S. The van der Waals surface area contributed by atoms with Gasteiger partial charge in [-0.05, 0) is 12.8 Å². The number of carboxylic acid groups (broad SMARTS) is 1. The second kappa shape index (κ2) is 5.39. The highest BCUT2D eigenvalue weighted by Gasteiger charge is 2.22. The van der Waals surface area contributed by atoms with Crippen molar-refractivity contribution >= 4 is 17.7 Å². The number of nitrogens with zero attached hydrogens (tertiary/aromatic N) is 3. The molecule has 0 saturated heterocycles. The first kappa shape index (κ1) is 12.2. The fourth-order valence-corrected chi connectivity index (χ4v) is 2.74. The Morgan fingerprint density at radius 2 is 2.12 bits per heavy atom. The smallest absolute Gasteiger partial charge is 0.313 e. The van der Waals surface area contributed by atoms with Gasteiger partial charge in [-0.1, -0.05) is 31.0 Å². The van der Waals surface area contributed by atoms with Crippen LogP contribution >= 0.6 is 11.8 Å². The SMILES string of the molecule is Nn1c(SCC(=O)O)nnc1C1CCCCC1. The summed E-state index contributed by atoms with van der Waals surface area (Å²) in [4.78, 5) is 10.5. The minimum atomic E-state index is -0.878. The fourth-order valence-electron chi connectivity index (χ4n) is 2.15. The predicted octanol–water partition coefficient (Wildman–Crippen LogP) is 1.22. The normalized spacial score (nSPS) is 17.2. The molecule has 1 fully saturated rings. The summed E-state index contributed by atoms with van der Waals surface area (Å²) in [5.74, 6) is 6.14. The zero-order valence-corrected chi connectivity index (χ0v) is 10.3. The molecule has 1 heterocycles. The molecule has 6 nitrogen and oxygen atoms in total. The lowest BCUT2D eigenvalue weighted by atomic mass is 9.89. The molecule has 3 N–H and O–H groups in total. The monoisotopic (exact) mass is 256 g/mol. The van der Waals surface area contributed by atoms with Crippen LogP contribution in [0.2, 0.25) is 0 Å². The van der Waals surface area contributed by atoms with E-state index in [4.69, 9.17) is 10.9 Å². The molecule has 0 radical (unpaired) electrons. The highest BCUT2D eigenvalue weighted by atomic mass is 32.2. The molecule has 1 aliphatic rings. The third-order valence-corrected chi connectivity index (χ3v) is 3.91. The minimum Gasteiger partial charge on any atom is -0.481 e. The number of nitrogens with two attached hydrogens (primary N) is 1. The molecule has 0 aliphatic heterocycles. The van der Waals surface area contributed by atoms with Crippen molar-refractivity contribution in [2.45, 2.75) is 43.2 Å². The van der Waals surface area contributed by atoms with E-state index >= 15 is 0 Å². The van der Waals surface area contributed by atoms with Crippen molar-refractivity contribution in [3.63, 3.8) is 0 Å². The van der Waals surface area contributed by atoms with Gasteiger partial charge >= 0.3 is 5.97 Å². The second-order valence-corrected chi connectivity index (χ2v) is 5.17. The van der Waals surface area contributed by atoms with Gasteiger partial charge in [0.1, 0.15) is 0 Å². The van der Waals surface area contributed by atoms with Gasteiger partial charge in [0.2, 0.25) is 5.16 Å². The van der Waals surface area contributed by atoms with Crippen LogP contribution in [0.5, 0.6) is 0 Å². The average molecular weight is 256 g/mol. The van der Waals surface area contributed by atoms with Crippen LogP contribution in [0, 0.1) is 0 Å². The summed E-state index contributed by atoms with van der Waals surface area (Å²) in [6.07, 6.45) is 5.87. The van der Waals surface area contributed by atoms with E-state index in [9.17, 15) is 4.79 Å². The molecule has 1 aromatic rings. The van der Waals surface area contributed by atoms with Crippen LogP contribution in [-0.4, -0.2) is 31.7 Å². The van der Waals surface area contributed by atoms with Crippen molar-refractivity contribution in [2.75, 3.05) is 11.6 Å². The fraction of sp³-hybridized carbons (Fsp3) is 0.700. The van der Waals surface area contributed by atoms with Crippen molar-refractivity contribution in [1.82, 2.24) is 14.9 Å². The molecule has 2 rings (SSSR count). The van der Waals surface area contributed by atoms with E-state index in [2.05, 4.69) is 10.2 Å². The van der Waals surface area contributed by atoms with Gasteiger partial charge in [-0.2, -0.15) is 0 Å². The summed E-state index contributed by atoms with van der Waals surface area (Å²) in [5, 5.41) is 17.1. The van der Waals surface area contributed by atoms with Crippen LogP contribution < -0.4 is 5.84 Å². The maximum Gasteiger partial charge on any atom is 0.313 e. The summed E-state index contributed by atoms with van der Waals surface area (Å²) < 4.78 is 1.45. The Kier molecular flexibility index (Phi) is 3.88. The maximum absolute atomic E-state index is 10.5. The Labute approximate surface area is 104 Å². The Bertz CT molecular complexity index is 401. The van der Waals surface area contributed by atoms with Crippen LogP contribution in [0.1, 0.15) is 43.8 Å². The largest absolute Gasteiger partial charge is 0.481 e. The van der Waals surface area contributed by atoms with Crippen LogP contribution in [-0.2, 0) is 4.79 Å². The van der Waals surface area contributed by atoms with Gasteiger partial charge in [0, 0.05) is 5.92 Å². The van der Waals surface area contributed by atoms with E-state index in [1.165, 1.54) is 23.9 Å². The Balaban J connectivity index is 2.05. The molecular weight excluding hydrogens is 240 g/mol. The van der Waals surface area contributed by atoms with Gasteiger partial charge in [0.15, 0.2) is 5.82 Å². The third kappa shape index (κ3) is 2.91. The van der Waals surface area contributed by atoms with E-state index in [1.54, 1.807) is 0 Å². The summed E-state index contributed by atoms with van der Waals surface area (Å²) in [7, 11) is 0. The van der Waals surface area contributed by atoms with E-state index in [0.29, 0.717) is 11.1 Å². The second-order valence-electron chi connectivity index (χ2n) is 4.23. The summed E-state index contributed by atoms with van der Waals surface area (Å²) in [5.41, 5.74) is 0. The number of aromatic nitrogens is 3. The predicted molar refractivity (Wildman–Crippen MR) is 64.4 cm³/mol. The molecule has 7 heteroatoms. The van der Waals surface area contributed by atoms with E-state index in [0.717, 1.165) is 30.4 Å². The zero-order valence-electron chi connectivity index (χ0n) is 9.50. The molecule has 0 amide bonds. The zero-order chi connectivity index (χ0) is 12.3. The maximum atomic E-state index is 10.5. The lowest BCUT2D eigenvalue weighted by Gasteiger charge is -2.20. The number of thioether (sulfide) groups is 1. The average Bonchev–Trinajstić information content (AvgIpc) is 2.69. The first-order chi connectivity index (χ1) is 8.18. The summed E-state index contributed by atoms with van der Waals surface area (Å²) >= 11 is 1.10. The Morgan fingerprint density at radius 3 is 2.76 bits per heavy atom. The molecule has 0 spiro atoms. The number of hydrogen-bond acceptors (Lipinski definition) is 5. The summed E-state index contributed by atoms with van der Waals surface area (Å²) in [6, 6.07) is 0. The molecule has 17 heavy (non-hydrogen) atoms. The lowest BCUT2D eigenvalue weighted by Crippen LogP contribution is -2.19. The van der Waals surface area contributed by atoms with Crippen molar-refractivity contribution in [2.24, 2.45) is 0 Å². The quantitative estimate of drug-likeness (QED) is 0.621. The molecule has 0 unspecified atom stereocenters. The lowest BCUT2D eigenvalue weighted by molar-refractivity contribution is -0.133. The number of rotatable bonds is 4. The van der Waals surface area contributed by atoms with E-state index in [-0.39, 0.29) is 5.75 Å². The topological polar surface area (TPSA) is 94.0 Å². The van der Waals surface area contributed by atoms with Gasteiger partial charge in [-0.15, -0.1) is 10.2 Å². The Morgan fingerprint density at radius 1 is 1.41 bits per heavy atom. The number of carboxylic acids is 1. The van der Waals surface area contributed by atoms with Gasteiger partial charge in [0.25, 0.3) is 0 Å². The minimum absolute atomic E-state index is 0.0417. The van der Waals surface area contributed by atoms with Gasteiger partial charge in [-0.3, -0.25) is 4.79 Å². The third-order valence-electron chi connectivity index (χ3n) is 2.99. The number of carbonyl (C=O) groups is 1. The molecule has 1 aromatic heterocycles. The van der Waals surface area contributed by atoms with Crippen molar-refractivity contribution in [3.8, 4) is 0 Å². The van der Waals surface area contributed by atoms with Gasteiger partial charge < -0.3 is 10.9 Å².